The van der Waals surface area contributed by atoms with Crippen molar-refractivity contribution >= 4 is 46.9 Å². The molecule has 37 heavy (non-hydrogen) atoms. The molecule has 3 aromatic rings. The zero-order chi connectivity index (χ0) is 26.5. The third-order valence-electron chi connectivity index (χ3n) is 5.54. The average Bonchev–Trinajstić information content (AvgIpc) is 3.36. The lowest BCUT2D eigenvalue weighted by molar-refractivity contribution is -0.122. The fourth-order valence-electron chi connectivity index (χ4n) is 3.79. The van der Waals surface area contributed by atoms with E-state index < -0.39 is 17.8 Å². The van der Waals surface area contributed by atoms with E-state index in [1.165, 1.54) is 23.1 Å². The number of nitrogens with one attached hydrogen (secondary N) is 1. The number of carbonyl (C=O) groups excluding carboxylic acids is 2. The second-order valence-corrected chi connectivity index (χ2v) is 8.33. The first-order valence-corrected chi connectivity index (χ1v) is 11.9. The van der Waals surface area contributed by atoms with Gasteiger partial charge in [0.25, 0.3) is 11.8 Å². The van der Waals surface area contributed by atoms with Gasteiger partial charge in [0.15, 0.2) is 16.6 Å². The van der Waals surface area contributed by atoms with Crippen molar-refractivity contribution in [1.29, 1.82) is 0 Å². The summed E-state index contributed by atoms with van der Waals surface area (Å²) in [5.74, 6) is -1.37. The number of carbonyl (C=O) groups is 3. The number of aryl methyl sites for hydroxylation is 1. The topological polar surface area (TPSA) is 118 Å². The third-order valence-corrected chi connectivity index (χ3v) is 5.82. The molecule has 2 N–H and O–H groups in total. The molecular formula is C27H24N2O7S. The first-order chi connectivity index (χ1) is 17.8. The number of anilines is 1. The van der Waals surface area contributed by atoms with Crippen molar-refractivity contribution in [2.24, 2.45) is 0 Å². The van der Waals surface area contributed by atoms with Crippen molar-refractivity contribution in [1.82, 2.24) is 5.32 Å². The SMILES string of the molecule is CCOc1cc(C=C2C(=O)NC(=S)N(c3ccccc3CC)C2=O)ccc1OCc1ccc(C(=O)O)o1. The summed E-state index contributed by atoms with van der Waals surface area (Å²) in [5.41, 5.74) is 2.00. The van der Waals surface area contributed by atoms with Crippen molar-refractivity contribution in [3.63, 3.8) is 0 Å². The minimum absolute atomic E-state index is 0.0159. The molecule has 0 bridgehead atoms. The first-order valence-electron chi connectivity index (χ1n) is 11.5. The molecule has 9 nitrogen and oxygen atoms in total. The Morgan fingerprint density at radius 1 is 1.08 bits per heavy atom. The number of benzene rings is 2. The number of para-hydroxylation sites is 1. The summed E-state index contributed by atoms with van der Waals surface area (Å²) in [5, 5.41) is 11.6. The van der Waals surface area contributed by atoms with Crippen LogP contribution in [0.3, 0.4) is 0 Å². The highest BCUT2D eigenvalue weighted by Crippen LogP contribution is 2.31. The van der Waals surface area contributed by atoms with Gasteiger partial charge in [0.05, 0.1) is 12.3 Å². The Labute approximate surface area is 218 Å². The van der Waals surface area contributed by atoms with E-state index in [2.05, 4.69) is 5.32 Å². The molecule has 2 amide bonds. The molecule has 0 saturated carbocycles. The largest absolute Gasteiger partial charge is 0.490 e. The van der Waals surface area contributed by atoms with Crippen LogP contribution in [-0.4, -0.2) is 34.6 Å². The van der Waals surface area contributed by atoms with Crippen LogP contribution in [0.1, 0.15) is 41.3 Å². The molecule has 1 aliphatic heterocycles. The molecule has 1 aromatic heterocycles. The molecule has 0 unspecified atom stereocenters. The molecule has 10 heteroatoms. The maximum atomic E-state index is 13.4. The maximum Gasteiger partial charge on any atom is 0.371 e. The summed E-state index contributed by atoms with van der Waals surface area (Å²) >= 11 is 5.32. The van der Waals surface area contributed by atoms with Crippen LogP contribution in [0.2, 0.25) is 0 Å². The number of amides is 2. The summed E-state index contributed by atoms with van der Waals surface area (Å²) in [6.45, 7) is 4.11. The highest BCUT2D eigenvalue weighted by Gasteiger charge is 2.35. The molecule has 2 heterocycles. The van der Waals surface area contributed by atoms with Crippen LogP contribution in [0.25, 0.3) is 6.08 Å². The van der Waals surface area contributed by atoms with E-state index in [-0.39, 0.29) is 23.1 Å². The molecule has 0 radical (unpaired) electrons. The number of furan rings is 1. The molecule has 1 fully saturated rings. The Bertz CT molecular complexity index is 1410. The standard InChI is InChI=1S/C27H24N2O7S/c1-3-17-7-5-6-8-20(17)29-25(31)19(24(30)28-27(29)37)13-16-9-11-21(23(14-16)34-4-2)35-15-18-10-12-22(36-18)26(32)33/h5-14H,3-4,15H2,1-2H3,(H,32,33)(H,28,30,37). The van der Waals surface area contributed by atoms with Crippen LogP contribution in [0.4, 0.5) is 5.69 Å². The van der Waals surface area contributed by atoms with E-state index in [1.54, 1.807) is 24.3 Å². The lowest BCUT2D eigenvalue weighted by atomic mass is 10.0. The van der Waals surface area contributed by atoms with E-state index in [1.807, 2.05) is 32.0 Å². The highest BCUT2D eigenvalue weighted by molar-refractivity contribution is 7.80. The fourth-order valence-corrected chi connectivity index (χ4v) is 4.07. The van der Waals surface area contributed by atoms with Gasteiger partial charge in [-0.25, -0.2) is 4.79 Å². The van der Waals surface area contributed by atoms with Gasteiger partial charge in [-0.2, -0.15) is 0 Å². The van der Waals surface area contributed by atoms with Crippen LogP contribution in [0.15, 0.2) is 64.6 Å². The van der Waals surface area contributed by atoms with Crippen molar-refractivity contribution < 1.29 is 33.4 Å². The fraction of sp³-hybridized carbons (Fsp3) is 0.185. The van der Waals surface area contributed by atoms with Crippen LogP contribution < -0.4 is 19.7 Å². The summed E-state index contributed by atoms with van der Waals surface area (Å²) in [7, 11) is 0. The van der Waals surface area contributed by atoms with Gasteiger partial charge < -0.3 is 19.0 Å². The molecule has 0 spiro atoms. The predicted molar refractivity (Wildman–Crippen MR) is 140 cm³/mol. The molecular weight excluding hydrogens is 496 g/mol. The molecule has 4 rings (SSSR count). The van der Waals surface area contributed by atoms with Crippen LogP contribution in [-0.2, 0) is 22.6 Å². The van der Waals surface area contributed by atoms with E-state index in [0.717, 1.165) is 5.56 Å². The Hall–Kier alpha value is -4.44. The van der Waals surface area contributed by atoms with Gasteiger partial charge in [-0.1, -0.05) is 31.2 Å². The Kier molecular flexibility index (Phi) is 7.69. The van der Waals surface area contributed by atoms with E-state index in [0.29, 0.717) is 41.5 Å². The van der Waals surface area contributed by atoms with E-state index in [4.69, 9.17) is 31.2 Å². The van der Waals surface area contributed by atoms with Gasteiger partial charge in [-0.15, -0.1) is 0 Å². The van der Waals surface area contributed by atoms with Crippen LogP contribution in [0, 0.1) is 0 Å². The van der Waals surface area contributed by atoms with Gasteiger partial charge in [-0.3, -0.25) is 19.8 Å². The number of aromatic carboxylic acids is 1. The normalized spacial score (nSPS) is 14.6. The van der Waals surface area contributed by atoms with Crippen LogP contribution >= 0.6 is 12.2 Å². The van der Waals surface area contributed by atoms with Crippen molar-refractivity contribution in [2.75, 3.05) is 11.5 Å². The maximum absolute atomic E-state index is 13.4. The predicted octanol–water partition coefficient (Wildman–Crippen LogP) is 4.35. The van der Waals surface area contributed by atoms with Gasteiger partial charge in [0.1, 0.15) is 17.9 Å². The van der Waals surface area contributed by atoms with E-state index >= 15 is 0 Å². The molecule has 1 aliphatic rings. The quantitative estimate of drug-likeness (QED) is 0.243. The van der Waals surface area contributed by atoms with Gasteiger partial charge in [0.2, 0.25) is 5.76 Å². The molecule has 190 valence electrons. The van der Waals surface area contributed by atoms with Gasteiger partial charge in [0, 0.05) is 0 Å². The summed E-state index contributed by atoms with van der Waals surface area (Å²) < 4.78 is 16.7. The number of thiocarbonyl (C=S) groups is 1. The molecule has 2 aromatic carbocycles. The zero-order valence-corrected chi connectivity index (χ0v) is 21.0. The number of hydrogen-bond acceptors (Lipinski definition) is 7. The first kappa shape index (κ1) is 25.6. The second kappa shape index (κ2) is 11.1. The highest BCUT2D eigenvalue weighted by atomic mass is 32.1. The Morgan fingerprint density at radius 3 is 2.57 bits per heavy atom. The van der Waals surface area contributed by atoms with Crippen LogP contribution in [0.5, 0.6) is 11.5 Å². The summed E-state index contributed by atoms with van der Waals surface area (Å²) in [6, 6.07) is 15.2. The number of hydrogen-bond donors (Lipinski definition) is 2. The minimum atomic E-state index is -1.17. The van der Waals surface area contributed by atoms with E-state index in [9.17, 15) is 14.4 Å². The molecule has 0 atom stereocenters. The number of ether oxygens (including phenoxy) is 2. The van der Waals surface area contributed by atoms with Crippen molar-refractivity contribution in [3.8, 4) is 11.5 Å². The number of rotatable bonds is 9. The Balaban J connectivity index is 1.61. The smallest absolute Gasteiger partial charge is 0.371 e. The third kappa shape index (κ3) is 5.54. The van der Waals surface area contributed by atoms with Gasteiger partial charge >= 0.3 is 5.97 Å². The lowest BCUT2D eigenvalue weighted by Gasteiger charge is -2.30. The molecule has 1 saturated heterocycles. The van der Waals surface area contributed by atoms with Gasteiger partial charge in [-0.05, 0) is 73.1 Å². The summed E-state index contributed by atoms with van der Waals surface area (Å²) in [6.07, 6.45) is 2.16. The number of carboxylic acid groups (broad SMARTS) is 1. The number of carboxylic acids is 1. The average molecular weight is 521 g/mol. The monoisotopic (exact) mass is 520 g/mol. The second-order valence-electron chi connectivity index (χ2n) is 7.94. The summed E-state index contributed by atoms with van der Waals surface area (Å²) in [4.78, 5) is 38.5. The minimum Gasteiger partial charge on any atom is -0.490 e. The Morgan fingerprint density at radius 2 is 1.86 bits per heavy atom. The van der Waals surface area contributed by atoms with Crippen molar-refractivity contribution in [2.45, 2.75) is 26.9 Å². The lowest BCUT2D eigenvalue weighted by Crippen LogP contribution is -2.54. The zero-order valence-electron chi connectivity index (χ0n) is 20.1. The van der Waals surface area contributed by atoms with Crippen molar-refractivity contribution in [3.05, 3.63) is 82.8 Å². The molecule has 0 aliphatic carbocycles. The number of nitrogens with zero attached hydrogens (tertiary/aromatic N) is 1.